The molecule has 0 bridgehead atoms. The van der Waals surface area contributed by atoms with Gasteiger partial charge in [0.25, 0.3) is 0 Å². The minimum Gasteiger partial charge on any atom is -0.477 e. The van der Waals surface area contributed by atoms with Crippen molar-refractivity contribution in [3.63, 3.8) is 0 Å². The second kappa shape index (κ2) is 3.57. The van der Waals surface area contributed by atoms with E-state index in [0.717, 1.165) is 0 Å². The van der Waals surface area contributed by atoms with Gasteiger partial charge in [-0.05, 0) is 27.2 Å². The fraction of sp³-hybridized carbons (Fsp3) is 0.778. The molecule has 5 heteroatoms. The molecule has 1 heterocycles. The van der Waals surface area contributed by atoms with Crippen LogP contribution in [0.25, 0.3) is 0 Å². The van der Waals surface area contributed by atoms with E-state index in [4.69, 9.17) is 15.7 Å². The van der Waals surface area contributed by atoms with Gasteiger partial charge in [0.15, 0.2) is 5.71 Å². The molecule has 3 N–H and O–H groups in total. The third-order valence-corrected chi connectivity index (χ3v) is 2.38. The summed E-state index contributed by atoms with van der Waals surface area (Å²) in [7, 11) is 0. The Bertz CT molecular complexity index is 271. The minimum absolute atomic E-state index is 0.0643. The Morgan fingerprint density at radius 3 is 2.79 bits per heavy atom. The Morgan fingerprint density at radius 2 is 2.36 bits per heavy atom. The number of carboxylic acids is 1. The lowest BCUT2D eigenvalue weighted by molar-refractivity contribution is -0.129. The topological polar surface area (TPSA) is 84.9 Å². The normalized spacial score (nSPS) is 26.6. The van der Waals surface area contributed by atoms with Crippen molar-refractivity contribution in [1.82, 2.24) is 0 Å². The number of carbonyl (C=O) groups is 1. The molecule has 0 fully saturated rings. The van der Waals surface area contributed by atoms with E-state index in [9.17, 15) is 4.79 Å². The van der Waals surface area contributed by atoms with Crippen LogP contribution in [0.15, 0.2) is 5.16 Å². The van der Waals surface area contributed by atoms with E-state index in [1.165, 1.54) is 0 Å². The van der Waals surface area contributed by atoms with Gasteiger partial charge in [0.05, 0.1) is 5.92 Å². The largest absolute Gasteiger partial charge is 0.477 e. The first kappa shape index (κ1) is 11.0. The first-order valence-electron chi connectivity index (χ1n) is 4.59. The molecular weight excluding hydrogens is 184 g/mol. The average molecular weight is 200 g/mol. The molecule has 5 nitrogen and oxygen atoms in total. The molecule has 1 aliphatic rings. The van der Waals surface area contributed by atoms with Crippen molar-refractivity contribution in [2.24, 2.45) is 16.8 Å². The van der Waals surface area contributed by atoms with Gasteiger partial charge < -0.3 is 15.7 Å². The summed E-state index contributed by atoms with van der Waals surface area (Å²) in [5.41, 5.74) is 5.16. The van der Waals surface area contributed by atoms with Crippen LogP contribution in [0.4, 0.5) is 0 Å². The molecule has 14 heavy (non-hydrogen) atoms. The van der Waals surface area contributed by atoms with Crippen LogP contribution < -0.4 is 5.73 Å². The van der Waals surface area contributed by atoms with E-state index in [0.29, 0.717) is 6.42 Å². The number of carboxylic acid groups (broad SMARTS) is 1. The molecule has 0 spiro atoms. The first-order chi connectivity index (χ1) is 6.34. The van der Waals surface area contributed by atoms with Crippen LogP contribution in [0.1, 0.15) is 27.2 Å². The van der Waals surface area contributed by atoms with Crippen LogP contribution in [-0.2, 0) is 9.63 Å². The number of hydrogen-bond donors (Lipinski definition) is 2. The predicted octanol–water partition coefficient (Wildman–Crippen LogP) is 0.589. The molecule has 0 saturated heterocycles. The van der Waals surface area contributed by atoms with Crippen molar-refractivity contribution in [2.45, 2.75) is 38.8 Å². The fourth-order valence-electron chi connectivity index (χ4n) is 1.58. The van der Waals surface area contributed by atoms with E-state index in [-0.39, 0.29) is 17.7 Å². The summed E-state index contributed by atoms with van der Waals surface area (Å²) < 4.78 is 0. The van der Waals surface area contributed by atoms with Gasteiger partial charge in [-0.25, -0.2) is 4.79 Å². The van der Waals surface area contributed by atoms with Crippen molar-refractivity contribution in [1.29, 1.82) is 0 Å². The Kier molecular flexibility index (Phi) is 2.80. The van der Waals surface area contributed by atoms with Gasteiger partial charge in [-0.1, -0.05) is 5.16 Å². The van der Waals surface area contributed by atoms with Gasteiger partial charge in [0, 0.05) is 6.04 Å². The smallest absolute Gasteiger partial charge is 0.354 e. The zero-order valence-corrected chi connectivity index (χ0v) is 8.65. The Hall–Kier alpha value is -1.10. The summed E-state index contributed by atoms with van der Waals surface area (Å²) in [6, 6.07) is -0.0643. The van der Waals surface area contributed by atoms with Crippen molar-refractivity contribution < 1.29 is 14.7 Å². The van der Waals surface area contributed by atoms with Crippen LogP contribution in [0.3, 0.4) is 0 Å². The Labute approximate surface area is 82.9 Å². The van der Waals surface area contributed by atoms with Gasteiger partial charge >= 0.3 is 5.97 Å². The molecule has 0 saturated carbocycles. The van der Waals surface area contributed by atoms with Crippen LogP contribution in [0.2, 0.25) is 0 Å². The summed E-state index contributed by atoms with van der Waals surface area (Å²) in [4.78, 5) is 15.9. The standard InChI is InChI=1S/C9H16N2O3/c1-5(10)4-6-7(8(12)13)11-14-9(6,2)3/h5-6H,4,10H2,1-3H3,(H,12,13)/t5-,6-/m1/s1. The SMILES string of the molecule is C[C@@H](N)C[C@@H]1C(C(=O)O)=NOC1(C)C. The van der Waals surface area contributed by atoms with E-state index in [1.807, 2.05) is 20.8 Å². The lowest BCUT2D eigenvalue weighted by atomic mass is 9.83. The summed E-state index contributed by atoms with van der Waals surface area (Å²) in [6.45, 7) is 5.48. The lowest BCUT2D eigenvalue weighted by Gasteiger charge is -2.25. The number of aliphatic carboxylic acids is 1. The highest BCUT2D eigenvalue weighted by atomic mass is 16.7. The van der Waals surface area contributed by atoms with E-state index in [2.05, 4.69) is 5.16 Å². The maximum absolute atomic E-state index is 10.8. The fourth-order valence-corrected chi connectivity index (χ4v) is 1.58. The molecule has 0 aromatic heterocycles. The highest BCUT2D eigenvalue weighted by Gasteiger charge is 2.44. The maximum atomic E-state index is 10.8. The zero-order valence-electron chi connectivity index (χ0n) is 8.65. The van der Waals surface area contributed by atoms with Crippen molar-refractivity contribution in [2.75, 3.05) is 0 Å². The molecule has 80 valence electrons. The Balaban J connectivity index is 2.84. The number of rotatable bonds is 3. The quantitative estimate of drug-likeness (QED) is 0.698. The van der Waals surface area contributed by atoms with Gasteiger partial charge in [0.1, 0.15) is 5.60 Å². The number of nitrogens with two attached hydrogens (primary N) is 1. The average Bonchev–Trinajstić information content (AvgIpc) is 2.26. The van der Waals surface area contributed by atoms with Crippen molar-refractivity contribution in [3.05, 3.63) is 0 Å². The van der Waals surface area contributed by atoms with E-state index >= 15 is 0 Å². The highest BCUT2D eigenvalue weighted by Crippen LogP contribution is 2.32. The molecule has 0 unspecified atom stereocenters. The molecule has 1 rings (SSSR count). The van der Waals surface area contributed by atoms with Gasteiger partial charge in [-0.2, -0.15) is 0 Å². The second-order valence-corrected chi connectivity index (χ2v) is 4.24. The van der Waals surface area contributed by atoms with Gasteiger partial charge in [-0.15, -0.1) is 0 Å². The first-order valence-corrected chi connectivity index (χ1v) is 4.59. The lowest BCUT2D eigenvalue weighted by Crippen LogP contribution is -2.39. The molecule has 1 aliphatic heterocycles. The summed E-state index contributed by atoms with van der Waals surface area (Å²) >= 11 is 0. The number of hydrogen-bond acceptors (Lipinski definition) is 4. The molecular formula is C9H16N2O3. The second-order valence-electron chi connectivity index (χ2n) is 4.24. The van der Waals surface area contributed by atoms with Gasteiger partial charge in [-0.3, -0.25) is 0 Å². The number of oxime groups is 1. The van der Waals surface area contributed by atoms with Crippen LogP contribution >= 0.6 is 0 Å². The monoisotopic (exact) mass is 200 g/mol. The molecule has 0 radical (unpaired) electrons. The summed E-state index contributed by atoms with van der Waals surface area (Å²) in [6.07, 6.45) is 0.568. The van der Waals surface area contributed by atoms with E-state index < -0.39 is 11.6 Å². The van der Waals surface area contributed by atoms with Crippen LogP contribution in [0.5, 0.6) is 0 Å². The molecule has 0 aliphatic carbocycles. The van der Waals surface area contributed by atoms with Gasteiger partial charge in [0.2, 0.25) is 0 Å². The third-order valence-electron chi connectivity index (χ3n) is 2.38. The Morgan fingerprint density at radius 1 is 1.79 bits per heavy atom. The molecule has 2 atom stereocenters. The highest BCUT2D eigenvalue weighted by molar-refractivity contribution is 6.36. The predicted molar refractivity (Wildman–Crippen MR) is 52.0 cm³/mol. The van der Waals surface area contributed by atoms with Crippen LogP contribution in [0, 0.1) is 5.92 Å². The molecule has 0 amide bonds. The molecule has 0 aromatic carbocycles. The van der Waals surface area contributed by atoms with Crippen molar-refractivity contribution in [3.8, 4) is 0 Å². The zero-order chi connectivity index (χ0) is 10.9. The molecule has 0 aromatic rings. The van der Waals surface area contributed by atoms with Crippen molar-refractivity contribution >= 4 is 11.7 Å². The summed E-state index contributed by atoms with van der Waals surface area (Å²) in [5.74, 6) is -1.26. The maximum Gasteiger partial charge on any atom is 0.354 e. The van der Waals surface area contributed by atoms with Crippen LogP contribution in [-0.4, -0.2) is 28.4 Å². The van der Waals surface area contributed by atoms with E-state index in [1.54, 1.807) is 0 Å². The number of nitrogens with zero attached hydrogens (tertiary/aromatic N) is 1. The third kappa shape index (κ3) is 2.04. The summed E-state index contributed by atoms with van der Waals surface area (Å²) in [5, 5.41) is 12.5. The minimum atomic E-state index is -1.03.